The van der Waals surface area contributed by atoms with Crippen molar-refractivity contribution in [3.05, 3.63) is 64.8 Å². The van der Waals surface area contributed by atoms with E-state index in [0.717, 1.165) is 52.6 Å². The first-order valence-corrected chi connectivity index (χ1v) is 13.5. The number of carboxylic acid groups (broad SMARTS) is 1. The number of hydrogen-bond acceptors (Lipinski definition) is 4. The fourth-order valence-corrected chi connectivity index (χ4v) is 6.44. The van der Waals surface area contributed by atoms with Crippen LogP contribution in [-0.4, -0.2) is 52.7 Å². The summed E-state index contributed by atoms with van der Waals surface area (Å²) in [7, 11) is 0. The Kier molecular flexibility index (Phi) is 6.43. The molecule has 202 valence electrons. The first-order chi connectivity index (χ1) is 18.2. The molecule has 1 saturated heterocycles. The van der Waals surface area contributed by atoms with E-state index in [1.165, 1.54) is 0 Å². The summed E-state index contributed by atoms with van der Waals surface area (Å²) in [5.41, 5.74) is 4.05. The molecule has 6 rings (SSSR count). The highest BCUT2D eigenvalue weighted by atomic mass is 19.3. The first-order valence-electron chi connectivity index (χ1n) is 13.5. The monoisotopic (exact) mass is 524 g/mol. The van der Waals surface area contributed by atoms with Gasteiger partial charge in [0.25, 0.3) is 0 Å². The number of aromatic nitrogens is 1. The van der Waals surface area contributed by atoms with Gasteiger partial charge in [0.05, 0.1) is 18.3 Å². The molecule has 2 heterocycles. The number of hydrogen-bond donors (Lipinski definition) is 2. The van der Waals surface area contributed by atoms with E-state index in [-0.39, 0.29) is 29.9 Å². The molecule has 1 atom stereocenters. The van der Waals surface area contributed by atoms with Gasteiger partial charge in [0.15, 0.2) is 0 Å². The van der Waals surface area contributed by atoms with Crippen molar-refractivity contribution in [2.24, 2.45) is 5.41 Å². The van der Waals surface area contributed by atoms with Crippen molar-refractivity contribution in [2.45, 2.75) is 70.1 Å². The number of carboxylic acids is 1. The molecule has 1 aliphatic heterocycles. The smallest absolute Gasteiger partial charge is 0.335 e. The van der Waals surface area contributed by atoms with Crippen molar-refractivity contribution in [1.29, 1.82) is 0 Å². The summed E-state index contributed by atoms with van der Waals surface area (Å²) < 4.78 is 40.1. The van der Waals surface area contributed by atoms with Gasteiger partial charge in [-0.3, -0.25) is 4.90 Å². The fourth-order valence-electron chi connectivity index (χ4n) is 6.44. The predicted molar refractivity (Wildman–Crippen MR) is 140 cm³/mol. The Morgan fingerprint density at radius 1 is 1.16 bits per heavy atom. The highest BCUT2D eigenvalue weighted by Crippen LogP contribution is 2.60. The lowest BCUT2D eigenvalue weighted by molar-refractivity contribution is -0.186. The molecule has 0 amide bonds. The molecule has 8 heteroatoms. The maximum absolute atomic E-state index is 14.0. The number of nitrogens with zero attached hydrogens (tertiary/aromatic N) is 1. The number of aryl methyl sites for hydroxylation is 1. The summed E-state index contributed by atoms with van der Waals surface area (Å²) in [5.74, 6) is -2.74. The maximum atomic E-state index is 14.0. The van der Waals surface area contributed by atoms with E-state index in [1.807, 2.05) is 18.3 Å². The van der Waals surface area contributed by atoms with E-state index < -0.39 is 11.9 Å². The van der Waals surface area contributed by atoms with Crippen LogP contribution in [0.15, 0.2) is 42.6 Å². The van der Waals surface area contributed by atoms with Gasteiger partial charge in [0, 0.05) is 48.1 Å². The quantitative estimate of drug-likeness (QED) is 0.313. The van der Waals surface area contributed by atoms with Crippen LogP contribution in [0.4, 0.5) is 8.78 Å². The first kappa shape index (κ1) is 25.3. The molecule has 2 N–H and O–H groups in total. The highest BCUT2D eigenvalue weighted by Gasteiger charge is 2.58. The summed E-state index contributed by atoms with van der Waals surface area (Å²) in [4.78, 5) is 17.1. The molecule has 0 unspecified atom stereocenters. The Balaban J connectivity index is 1.30. The van der Waals surface area contributed by atoms with E-state index >= 15 is 0 Å². The number of benzene rings is 2. The second kappa shape index (κ2) is 9.65. The van der Waals surface area contributed by atoms with Crippen LogP contribution in [0.3, 0.4) is 0 Å². The lowest BCUT2D eigenvalue weighted by Gasteiger charge is -2.54. The van der Waals surface area contributed by atoms with Crippen molar-refractivity contribution < 1.29 is 28.2 Å². The zero-order valence-electron chi connectivity index (χ0n) is 21.6. The van der Waals surface area contributed by atoms with Crippen LogP contribution in [0.2, 0.25) is 0 Å². The van der Waals surface area contributed by atoms with Gasteiger partial charge in [-0.1, -0.05) is 12.1 Å². The molecule has 3 aromatic rings. The third-order valence-electron chi connectivity index (χ3n) is 8.50. The zero-order valence-corrected chi connectivity index (χ0v) is 21.6. The van der Waals surface area contributed by atoms with E-state index in [4.69, 9.17) is 9.47 Å². The molecule has 0 bridgehead atoms. The third-order valence-corrected chi connectivity index (χ3v) is 8.50. The number of likely N-dealkylation sites (tertiary alicyclic amines) is 1. The van der Waals surface area contributed by atoms with Gasteiger partial charge < -0.3 is 19.6 Å². The molecular formula is C30H34F2N2O4. The van der Waals surface area contributed by atoms with Crippen molar-refractivity contribution in [1.82, 2.24) is 9.88 Å². The molecular weight excluding hydrogens is 490 g/mol. The Hall–Kier alpha value is -2.97. The minimum atomic E-state index is -2.59. The highest BCUT2D eigenvalue weighted by molar-refractivity contribution is 5.88. The number of nitrogens with one attached hydrogen (secondary N) is 1. The topological polar surface area (TPSA) is 74.8 Å². The minimum absolute atomic E-state index is 0.0699. The maximum Gasteiger partial charge on any atom is 0.335 e. The summed E-state index contributed by atoms with van der Waals surface area (Å²) in [5, 5.41) is 10.5. The van der Waals surface area contributed by atoms with Gasteiger partial charge >= 0.3 is 5.97 Å². The van der Waals surface area contributed by atoms with Gasteiger partial charge in [0.2, 0.25) is 5.92 Å². The molecule has 0 radical (unpaired) electrons. The van der Waals surface area contributed by atoms with Crippen LogP contribution in [0.25, 0.3) is 10.9 Å². The predicted octanol–water partition coefficient (Wildman–Crippen LogP) is 6.48. The number of carbonyl (C=O) groups is 1. The number of fused-ring (bicyclic) bond motifs is 1. The average molecular weight is 525 g/mol. The Bertz CT molecular complexity index is 1320. The number of alkyl halides is 2. The average Bonchev–Trinajstić information content (AvgIpc) is 3.56. The van der Waals surface area contributed by atoms with Gasteiger partial charge in [-0.2, -0.15) is 0 Å². The second-order valence-electron chi connectivity index (χ2n) is 11.4. The molecule has 1 aromatic heterocycles. The minimum Gasteiger partial charge on any atom is -0.491 e. The van der Waals surface area contributed by atoms with Crippen molar-refractivity contribution >= 4 is 16.9 Å². The van der Waals surface area contributed by atoms with Crippen LogP contribution >= 0.6 is 0 Å². The summed E-state index contributed by atoms with van der Waals surface area (Å²) in [6.45, 7) is 4.37. The van der Waals surface area contributed by atoms with Crippen LogP contribution in [-0.2, 0) is 11.3 Å². The lowest BCUT2D eigenvalue weighted by atomic mass is 9.59. The summed E-state index contributed by atoms with van der Waals surface area (Å²) in [6.07, 6.45) is 5.76. The SMILES string of the molecule is Cc1cc(OCCOC2CC2)c(CN2CCC3(C[C@H]2c2ccc(C(=O)O)cc2)CC(F)(F)C3)c2cc[nH]c12. The van der Waals surface area contributed by atoms with Crippen LogP contribution in [0, 0.1) is 12.3 Å². The molecule has 2 saturated carbocycles. The van der Waals surface area contributed by atoms with Crippen LogP contribution in [0.5, 0.6) is 5.75 Å². The van der Waals surface area contributed by atoms with E-state index in [9.17, 15) is 18.7 Å². The van der Waals surface area contributed by atoms with E-state index in [1.54, 1.807) is 12.1 Å². The normalized spacial score (nSPS) is 22.4. The number of piperidine rings is 1. The van der Waals surface area contributed by atoms with Gasteiger partial charge in [0.1, 0.15) is 12.4 Å². The number of aromatic amines is 1. The van der Waals surface area contributed by atoms with Crippen LogP contribution < -0.4 is 4.74 Å². The van der Waals surface area contributed by atoms with Gasteiger partial charge in [-0.25, -0.2) is 13.6 Å². The molecule has 6 nitrogen and oxygen atoms in total. The summed E-state index contributed by atoms with van der Waals surface area (Å²) in [6, 6.07) is 10.9. The third kappa shape index (κ3) is 5.04. The molecule has 3 aliphatic rings. The molecule has 2 aliphatic carbocycles. The lowest BCUT2D eigenvalue weighted by Crippen LogP contribution is -2.53. The van der Waals surface area contributed by atoms with Gasteiger partial charge in [-0.15, -0.1) is 0 Å². The number of aromatic carboxylic acids is 1. The number of rotatable bonds is 9. The molecule has 2 aromatic carbocycles. The molecule has 38 heavy (non-hydrogen) atoms. The largest absolute Gasteiger partial charge is 0.491 e. The van der Waals surface area contributed by atoms with E-state index in [2.05, 4.69) is 28.9 Å². The summed E-state index contributed by atoms with van der Waals surface area (Å²) >= 11 is 0. The zero-order chi connectivity index (χ0) is 26.5. The van der Waals surface area contributed by atoms with E-state index in [0.29, 0.717) is 38.8 Å². The van der Waals surface area contributed by atoms with Gasteiger partial charge in [-0.05, 0) is 80.0 Å². The Morgan fingerprint density at radius 3 is 2.61 bits per heavy atom. The van der Waals surface area contributed by atoms with Crippen molar-refractivity contribution in [3.63, 3.8) is 0 Å². The van der Waals surface area contributed by atoms with Crippen LogP contribution in [0.1, 0.15) is 71.6 Å². The number of ether oxygens (including phenoxy) is 2. The molecule has 1 spiro atoms. The fraction of sp³-hybridized carbons (Fsp3) is 0.500. The second-order valence-corrected chi connectivity index (χ2v) is 11.4. The Labute approximate surface area is 220 Å². The standard InChI is InChI=1S/C30H34F2N2O4/c1-19-14-26(38-13-12-37-22-6-7-22)24(23-8-10-33-27(19)23)16-34-11-9-29(17-30(31,32)18-29)15-25(34)20-2-4-21(5-3-20)28(35)36/h2-5,8,10,14,22,25,33H,6-7,9,11-13,15-18H2,1H3,(H,35,36)/t25-/m0/s1. The molecule has 3 fully saturated rings. The number of halogens is 2. The Morgan fingerprint density at radius 2 is 1.92 bits per heavy atom. The van der Waals surface area contributed by atoms with Crippen molar-refractivity contribution in [3.8, 4) is 5.75 Å². The van der Waals surface area contributed by atoms with Crippen molar-refractivity contribution in [2.75, 3.05) is 19.8 Å². The number of H-pyrrole nitrogens is 1.